The minimum atomic E-state index is -4.33. The van der Waals surface area contributed by atoms with Crippen LogP contribution in [0.15, 0.2) is 48.5 Å². The molecule has 22 heavy (non-hydrogen) atoms. The van der Waals surface area contributed by atoms with E-state index in [-0.39, 0.29) is 6.10 Å². The summed E-state index contributed by atoms with van der Waals surface area (Å²) in [6, 6.07) is 12.8. The minimum Gasteiger partial charge on any atom is -0.489 e. The molecule has 2 nitrogen and oxygen atoms in total. The number of hydrogen-bond acceptors (Lipinski definition) is 2. The van der Waals surface area contributed by atoms with Gasteiger partial charge in [-0.3, -0.25) is 0 Å². The number of ether oxygens (including phenoxy) is 1. The van der Waals surface area contributed by atoms with E-state index in [4.69, 9.17) is 4.74 Å². The van der Waals surface area contributed by atoms with Crippen molar-refractivity contribution in [1.82, 2.24) is 0 Å². The maximum Gasteiger partial charge on any atom is 0.416 e. The highest BCUT2D eigenvalue weighted by Gasteiger charge is 2.30. The van der Waals surface area contributed by atoms with Gasteiger partial charge < -0.3 is 10.1 Å². The second-order valence-corrected chi connectivity index (χ2v) is 5.20. The fourth-order valence-corrected chi connectivity index (χ4v) is 1.96. The highest BCUT2D eigenvalue weighted by Crippen LogP contribution is 2.30. The van der Waals surface area contributed by atoms with E-state index in [1.54, 1.807) is 6.07 Å². The van der Waals surface area contributed by atoms with Crippen molar-refractivity contribution >= 4 is 5.69 Å². The average molecular weight is 309 g/mol. The van der Waals surface area contributed by atoms with Crippen LogP contribution in [0.2, 0.25) is 0 Å². The predicted molar refractivity (Wildman–Crippen MR) is 81.2 cm³/mol. The molecule has 0 saturated heterocycles. The van der Waals surface area contributed by atoms with E-state index in [1.807, 2.05) is 38.1 Å². The van der Waals surface area contributed by atoms with Gasteiger partial charge in [0.2, 0.25) is 0 Å². The summed E-state index contributed by atoms with van der Waals surface area (Å²) in [7, 11) is 0. The third-order valence-electron chi connectivity index (χ3n) is 3.14. The van der Waals surface area contributed by atoms with Gasteiger partial charge in [0.15, 0.2) is 0 Å². The molecule has 0 aliphatic carbocycles. The van der Waals surface area contributed by atoms with Crippen LogP contribution in [0.25, 0.3) is 0 Å². The molecule has 0 aliphatic heterocycles. The number of alkyl halides is 3. The first kappa shape index (κ1) is 16.2. The molecule has 0 heterocycles. The molecule has 2 aromatic rings. The fourth-order valence-electron chi connectivity index (χ4n) is 1.96. The zero-order valence-corrected chi connectivity index (χ0v) is 12.4. The van der Waals surface area contributed by atoms with Gasteiger partial charge in [-0.2, -0.15) is 13.2 Å². The van der Waals surface area contributed by atoms with Gasteiger partial charge in [0.25, 0.3) is 0 Å². The van der Waals surface area contributed by atoms with Crippen LogP contribution in [0.5, 0.6) is 5.75 Å². The second kappa shape index (κ2) is 6.73. The van der Waals surface area contributed by atoms with Crippen LogP contribution in [0.1, 0.15) is 18.1 Å². The summed E-state index contributed by atoms with van der Waals surface area (Å²) in [5.74, 6) is 0.740. The zero-order chi connectivity index (χ0) is 16.2. The normalized spacial score (nSPS) is 12.8. The summed E-state index contributed by atoms with van der Waals surface area (Å²) in [5, 5.41) is 2.96. The molecule has 1 unspecified atom stereocenters. The number of benzene rings is 2. The molecule has 0 amide bonds. The van der Waals surface area contributed by atoms with Crippen LogP contribution in [0.4, 0.5) is 18.9 Å². The molecule has 0 aromatic heterocycles. The summed E-state index contributed by atoms with van der Waals surface area (Å²) < 4.78 is 43.6. The van der Waals surface area contributed by atoms with Crippen LogP contribution in [-0.4, -0.2) is 12.6 Å². The lowest BCUT2D eigenvalue weighted by molar-refractivity contribution is -0.137. The number of rotatable bonds is 5. The Morgan fingerprint density at radius 3 is 2.41 bits per heavy atom. The minimum absolute atomic E-state index is 0.169. The lowest BCUT2D eigenvalue weighted by Crippen LogP contribution is -2.22. The first-order valence-electron chi connectivity index (χ1n) is 6.99. The topological polar surface area (TPSA) is 21.3 Å². The molecule has 2 rings (SSSR count). The second-order valence-electron chi connectivity index (χ2n) is 5.20. The molecule has 1 N–H and O–H groups in total. The molecule has 0 bridgehead atoms. The largest absolute Gasteiger partial charge is 0.489 e. The molecule has 1 atom stereocenters. The van der Waals surface area contributed by atoms with E-state index in [9.17, 15) is 13.2 Å². The fraction of sp³-hybridized carbons (Fsp3) is 0.294. The number of anilines is 1. The van der Waals surface area contributed by atoms with Gasteiger partial charge in [-0.25, -0.2) is 0 Å². The third kappa shape index (κ3) is 4.69. The van der Waals surface area contributed by atoms with Crippen molar-refractivity contribution in [3.63, 3.8) is 0 Å². The average Bonchev–Trinajstić information content (AvgIpc) is 2.47. The first-order valence-corrected chi connectivity index (χ1v) is 6.99. The van der Waals surface area contributed by atoms with Gasteiger partial charge in [-0.1, -0.05) is 23.8 Å². The number of nitrogens with one attached hydrogen (secondary N) is 1. The molecular weight excluding hydrogens is 291 g/mol. The molecule has 0 saturated carbocycles. The molecule has 0 fully saturated rings. The van der Waals surface area contributed by atoms with Crippen LogP contribution in [0, 0.1) is 6.92 Å². The molecule has 2 aromatic carbocycles. The Morgan fingerprint density at radius 1 is 1.09 bits per heavy atom. The summed E-state index contributed by atoms with van der Waals surface area (Å²) in [6.07, 6.45) is -4.50. The van der Waals surface area contributed by atoms with Crippen molar-refractivity contribution in [3.05, 3.63) is 59.7 Å². The monoisotopic (exact) mass is 309 g/mol. The van der Waals surface area contributed by atoms with E-state index >= 15 is 0 Å². The van der Waals surface area contributed by atoms with Gasteiger partial charge in [-0.15, -0.1) is 0 Å². The van der Waals surface area contributed by atoms with Crippen molar-refractivity contribution in [3.8, 4) is 5.75 Å². The van der Waals surface area contributed by atoms with Crippen LogP contribution >= 0.6 is 0 Å². The van der Waals surface area contributed by atoms with Crippen molar-refractivity contribution in [2.24, 2.45) is 0 Å². The summed E-state index contributed by atoms with van der Waals surface area (Å²) in [5.41, 5.74) is 0.904. The molecule has 0 spiro atoms. The lowest BCUT2D eigenvalue weighted by Gasteiger charge is -2.17. The summed E-state index contributed by atoms with van der Waals surface area (Å²) in [6.45, 7) is 4.26. The van der Waals surface area contributed by atoms with E-state index in [2.05, 4.69) is 5.32 Å². The molecule has 118 valence electrons. The molecule has 0 radical (unpaired) electrons. The smallest absolute Gasteiger partial charge is 0.416 e. The van der Waals surface area contributed by atoms with Crippen LogP contribution in [0.3, 0.4) is 0 Å². The molecule has 5 heteroatoms. The van der Waals surface area contributed by atoms with E-state index < -0.39 is 11.7 Å². The summed E-state index contributed by atoms with van der Waals surface area (Å²) in [4.78, 5) is 0. The quantitative estimate of drug-likeness (QED) is 0.849. The maximum absolute atomic E-state index is 12.6. The van der Waals surface area contributed by atoms with Crippen LogP contribution in [-0.2, 0) is 6.18 Å². The SMILES string of the molecule is Cc1ccc(OC(C)CNc2cccc(C(F)(F)F)c2)cc1. The van der Waals surface area contributed by atoms with Crippen LogP contribution < -0.4 is 10.1 Å². The van der Waals surface area contributed by atoms with E-state index in [1.165, 1.54) is 6.07 Å². The molecular formula is C17H18F3NO. The van der Waals surface area contributed by atoms with Crippen molar-refractivity contribution in [2.75, 3.05) is 11.9 Å². The highest BCUT2D eigenvalue weighted by atomic mass is 19.4. The Morgan fingerprint density at radius 2 is 1.77 bits per heavy atom. The Hall–Kier alpha value is -2.17. The van der Waals surface area contributed by atoms with E-state index in [0.29, 0.717) is 12.2 Å². The van der Waals surface area contributed by atoms with Crippen molar-refractivity contribution < 1.29 is 17.9 Å². The third-order valence-corrected chi connectivity index (χ3v) is 3.14. The van der Waals surface area contributed by atoms with E-state index in [0.717, 1.165) is 23.4 Å². The van der Waals surface area contributed by atoms with Crippen molar-refractivity contribution in [1.29, 1.82) is 0 Å². The highest BCUT2D eigenvalue weighted by molar-refractivity contribution is 5.46. The Kier molecular flexibility index (Phi) is 4.96. The lowest BCUT2D eigenvalue weighted by atomic mass is 10.2. The first-order chi connectivity index (χ1) is 10.3. The zero-order valence-electron chi connectivity index (χ0n) is 12.4. The van der Waals surface area contributed by atoms with Gasteiger partial charge in [-0.05, 0) is 44.2 Å². The summed E-state index contributed by atoms with van der Waals surface area (Å²) >= 11 is 0. The standard InChI is InChI=1S/C17H18F3NO/c1-12-6-8-16(9-7-12)22-13(2)11-21-15-5-3-4-14(10-15)17(18,19)20/h3-10,13,21H,11H2,1-2H3. The number of halogens is 3. The predicted octanol–water partition coefficient (Wildman–Crippen LogP) is 4.89. The number of aryl methyl sites for hydroxylation is 1. The van der Waals surface area contributed by atoms with Gasteiger partial charge in [0.1, 0.15) is 11.9 Å². The van der Waals surface area contributed by atoms with Gasteiger partial charge in [0.05, 0.1) is 12.1 Å². The maximum atomic E-state index is 12.6. The molecule has 0 aliphatic rings. The number of hydrogen-bond donors (Lipinski definition) is 1. The Balaban J connectivity index is 1.91. The van der Waals surface area contributed by atoms with Crippen molar-refractivity contribution in [2.45, 2.75) is 26.1 Å². The van der Waals surface area contributed by atoms with Gasteiger partial charge >= 0.3 is 6.18 Å². The Bertz CT molecular complexity index is 608. The Labute approximate surface area is 127 Å². The van der Waals surface area contributed by atoms with Gasteiger partial charge in [0, 0.05) is 5.69 Å².